The van der Waals surface area contributed by atoms with E-state index in [-0.39, 0.29) is 5.60 Å². The van der Waals surface area contributed by atoms with E-state index in [1.54, 1.807) is 0 Å². The first-order valence-electron chi connectivity index (χ1n) is 8.30. The summed E-state index contributed by atoms with van der Waals surface area (Å²) in [6.45, 7) is 7.22. The Hall–Kier alpha value is -1.16. The van der Waals surface area contributed by atoms with Crippen LogP contribution in [-0.4, -0.2) is 23.6 Å². The molecule has 0 spiro atoms. The number of anilines is 1. The molecule has 0 saturated heterocycles. The number of nitrogens with one attached hydrogen (secondary N) is 1. The van der Waals surface area contributed by atoms with Crippen molar-refractivity contribution >= 4 is 5.82 Å². The molecule has 1 saturated carbocycles. The van der Waals surface area contributed by atoms with Crippen LogP contribution in [-0.2, 0) is 16.8 Å². The number of hydrogen-bond donors (Lipinski definition) is 1. The molecule has 1 aliphatic rings. The first-order valence-corrected chi connectivity index (χ1v) is 8.30. The average molecular weight is 291 g/mol. The van der Waals surface area contributed by atoms with E-state index in [0.717, 1.165) is 36.6 Å². The van der Waals surface area contributed by atoms with Crippen LogP contribution in [0.1, 0.15) is 64.4 Å². The van der Waals surface area contributed by atoms with Crippen molar-refractivity contribution in [3.8, 4) is 0 Å². The molecule has 0 aromatic carbocycles. The minimum atomic E-state index is -0.272. The van der Waals surface area contributed by atoms with E-state index in [1.807, 2.05) is 7.05 Å². The van der Waals surface area contributed by atoms with Gasteiger partial charge >= 0.3 is 0 Å². The summed E-state index contributed by atoms with van der Waals surface area (Å²) in [6.07, 6.45) is 6.75. The Morgan fingerprint density at radius 1 is 1.24 bits per heavy atom. The summed E-state index contributed by atoms with van der Waals surface area (Å²) in [5.74, 6) is 2.37. The molecule has 2 rings (SSSR count). The van der Waals surface area contributed by atoms with Crippen molar-refractivity contribution in [1.82, 2.24) is 9.97 Å². The van der Waals surface area contributed by atoms with Gasteiger partial charge in [0, 0.05) is 25.4 Å². The molecule has 1 aliphatic carbocycles. The maximum absolute atomic E-state index is 6.16. The fraction of sp³-hybridized carbons (Fsp3) is 0.765. The van der Waals surface area contributed by atoms with Crippen LogP contribution in [0.15, 0.2) is 6.07 Å². The molecular formula is C17H29N3O. The lowest BCUT2D eigenvalue weighted by atomic mass is 9.83. The quantitative estimate of drug-likeness (QED) is 0.863. The number of hydrogen-bond acceptors (Lipinski definition) is 4. The van der Waals surface area contributed by atoms with E-state index in [0.29, 0.717) is 12.5 Å². The van der Waals surface area contributed by atoms with Crippen LogP contribution in [0.3, 0.4) is 0 Å². The van der Waals surface area contributed by atoms with Crippen LogP contribution < -0.4 is 5.32 Å². The van der Waals surface area contributed by atoms with Crippen molar-refractivity contribution in [2.45, 2.75) is 64.9 Å². The first-order chi connectivity index (χ1) is 10.1. The van der Waals surface area contributed by atoms with Crippen LogP contribution >= 0.6 is 0 Å². The number of nitrogens with zero attached hydrogens (tertiary/aromatic N) is 2. The van der Waals surface area contributed by atoms with Crippen LogP contribution in [0.5, 0.6) is 0 Å². The molecule has 4 heteroatoms. The van der Waals surface area contributed by atoms with E-state index >= 15 is 0 Å². The Morgan fingerprint density at radius 2 is 1.95 bits per heavy atom. The highest BCUT2D eigenvalue weighted by atomic mass is 16.5. The molecule has 0 atom stereocenters. The summed E-state index contributed by atoms with van der Waals surface area (Å²) in [6, 6.07) is 2.06. The van der Waals surface area contributed by atoms with Gasteiger partial charge in [0.1, 0.15) is 11.4 Å². The first kappa shape index (κ1) is 16.2. The molecule has 1 aromatic rings. The van der Waals surface area contributed by atoms with Gasteiger partial charge in [-0.1, -0.05) is 33.1 Å². The maximum Gasteiger partial charge on any atom is 0.162 e. The zero-order valence-corrected chi connectivity index (χ0v) is 13.9. The van der Waals surface area contributed by atoms with Crippen molar-refractivity contribution in [3.63, 3.8) is 0 Å². The van der Waals surface area contributed by atoms with Gasteiger partial charge in [-0.15, -0.1) is 0 Å². The van der Waals surface area contributed by atoms with E-state index < -0.39 is 0 Å². The molecule has 0 aliphatic heterocycles. The Labute approximate surface area is 128 Å². The molecule has 0 bridgehead atoms. The molecular weight excluding hydrogens is 262 g/mol. The molecule has 118 valence electrons. The fourth-order valence-corrected chi connectivity index (χ4v) is 3.18. The van der Waals surface area contributed by atoms with Gasteiger partial charge in [0.25, 0.3) is 0 Å². The Bertz CT molecular complexity index is 448. The molecule has 0 radical (unpaired) electrons. The second-order valence-electron chi connectivity index (χ2n) is 6.40. The highest BCUT2D eigenvalue weighted by Gasteiger charge is 2.37. The SMILES string of the molecule is CCOC1(c2nc(CC(C)C)cc(NC)n2)CCCCC1. The molecule has 1 heterocycles. The van der Waals surface area contributed by atoms with E-state index in [9.17, 15) is 0 Å². The van der Waals surface area contributed by atoms with Crippen LogP contribution in [0.4, 0.5) is 5.82 Å². The number of ether oxygens (including phenoxy) is 1. The second-order valence-corrected chi connectivity index (χ2v) is 6.40. The zero-order valence-electron chi connectivity index (χ0n) is 13.9. The van der Waals surface area contributed by atoms with Crippen molar-refractivity contribution in [2.24, 2.45) is 5.92 Å². The molecule has 1 fully saturated rings. The third-order valence-corrected chi connectivity index (χ3v) is 4.14. The zero-order chi connectivity index (χ0) is 15.3. The van der Waals surface area contributed by atoms with E-state index in [2.05, 4.69) is 32.2 Å². The minimum absolute atomic E-state index is 0.272. The third-order valence-electron chi connectivity index (χ3n) is 4.14. The fourth-order valence-electron chi connectivity index (χ4n) is 3.18. The van der Waals surface area contributed by atoms with Gasteiger partial charge in [-0.2, -0.15) is 0 Å². The van der Waals surface area contributed by atoms with E-state index in [1.165, 1.54) is 19.3 Å². The molecule has 0 amide bonds. The predicted molar refractivity (Wildman–Crippen MR) is 86.5 cm³/mol. The van der Waals surface area contributed by atoms with Crippen molar-refractivity contribution in [1.29, 1.82) is 0 Å². The Kier molecular flexibility index (Phi) is 5.57. The van der Waals surface area contributed by atoms with Crippen molar-refractivity contribution in [3.05, 3.63) is 17.6 Å². The molecule has 1 aromatic heterocycles. The monoisotopic (exact) mass is 291 g/mol. The summed E-state index contributed by atoms with van der Waals surface area (Å²) in [7, 11) is 1.92. The van der Waals surface area contributed by atoms with E-state index in [4.69, 9.17) is 14.7 Å². The van der Waals surface area contributed by atoms with Gasteiger partial charge in [-0.25, -0.2) is 9.97 Å². The maximum atomic E-state index is 6.16. The highest BCUT2D eigenvalue weighted by molar-refractivity contribution is 5.36. The summed E-state index contributed by atoms with van der Waals surface area (Å²) in [5.41, 5.74) is 0.843. The van der Waals surface area contributed by atoms with Crippen molar-refractivity contribution in [2.75, 3.05) is 19.0 Å². The summed E-state index contributed by atoms with van der Waals surface area (Å²) < 4.78 is 6.16. The van der Waals surface area contributed by atoms with Gasteiger partial charge in [-0.05, 0) is 32.1 Å². The number of aromatic nitrogens is 2. The molecule has 21 heavy (non-hydrogen) atoms. The predicted octanol–water partition coefficient (Wildman–Crippen LogP) is 3.91. The highest BCUT2D eigenvalue weighted by Crippen LogP contribution is 2.39. The van der Waals surface area contributed by atoms with Gasteiger partial charge in [0.05, 0.1) is 0 Å². The standard InChI is InChI=1S/C17H29N3O/c1-5-21-17(9-7-6-8-10-17)16-19-14(11-13(2)3)12-15(18-4)20-16/h12-13H,5-11H2,1-4H3,(H,18,19,20). The largest absolute Gasteiger partial charge is 0.373 e. The third kappa shape index (κ3) is 3.94. The van der Waals surface area contributed by atoms with Crippen LogP contribution in [0.2, 0.25) is 0 Å². The lowest BCUT2D eigenvalue weighted by Crippen LogP contribution is -2.35. The topological polar surface area (TPSA) is 47.0 Å². The normalized spacial score (nSPS) is 18.0. The van der Waals surface area contributed by atoms with Crippen molar-refractivity contribution < 1.29 is 4.74 Å². The number of rotatable bonds is 6. The molecule has 4 nitrogen and oxygen atoms in total. The lowest BCUT2D eigenvalue weighted by molar-refractivity contribution is -0.0767. The average Bonchev–Trinajstić information content (AvgIpc) is 2.47. The van der Waals surface area contributed by atoms with Gasteiger partial charge in [0.15, 0.2) is 5.82 Å². The second kappa shape index (κ2) is 7.21. The minimum Gasteiger partial charge on any atom is -0.373 e. The van der Waals surface area contributed by atoms with Crippen LogP contribution in [0, 0.1) is 5.92 Å². The summed E-state index contributed by atoms with van der Waals surface area (Å²) in [4.78, 5) is 9.59. The van der Waals surface area contributed by atoms with Gasteiger partial charge in [0.2, 0.25) is 0 Å². The summed E-state index contributed by atoms with van der Waals surface area (Å²) in [5, 5.41) is 3.17. The summed E-state index contributed by atoms with van der Waals surface area (Å²) >= 11 is 0. The lowest BCUT2D eigenvalue weighted by Gasteiger charge is -2.36. The van der Waals surface area contributed by atoms with Gasteiger partial charge in [-0.3, -0.25) is 0 Å². The Balaban J connectivity index is 2.38. The Morgan fingerprint density at radius 3 is 2.52 bits per heavy atom. The van der Waals surface area contributed by atoms with Gasteiger partial charge < -0.3 is 10.1 Å². The smallest absolute Gasteiger partial charge is 0.162 e. The van der Waals surface area contributed by atoms with Crippen LogP contribution in [0.25, 0.3) is 0 Å². The molecule has 1 N–H and O–H groups in total. The molecule has 0 unspecified atom stereocenters.